The van der Waals surface area contributed by atoms with Gasteiger partial charge in [0.25, 0.3) is 0 Å². The van der Waals surface area contributed by atoms with Crippen molar-refractivity contribution in [3.05, 3.63) is 47.8 Å². The van der Waals surface area contributed by atoms with Crippen LogP contribution in [0, 0.1) is 0 Å². The molecule has 2 aromatic rings. The standard InChI is InChI=1S/C17H18F3N3O2/c1-24-15-8-21-16(22-9-15)25-14-6-7-23(11-14)10-12-2-4-13(5-3-12)17(18,19)20/h2-5,8-9,14H,6-7,10-11H2,1H3. The highest BCUT2D eigenvalue weighted by Crippen LogP contribution is 2.29. The van der Waals surface area contributed by atoms with Gasteiger partial charge in [-0.2, -0.15) is 23.1 Å². The first-order valence-electron chi connectivity index (χ1n) is 7.85. The summed E-state index contributed by atoms with van der Waals surface area (Å²) in [6.45, 7) is 2.07. The fourth-order valence-corrected chi connectivity index (χ4v) is 2.71. The van der Waals surface area contributed by atoms with E-state index in [0.29, 0.717) is 24.8 Å². The van der Waals surface area contributed by atoms with Crippen molar-refractivity contribution in [2.24, 2.45) is 0 Å². The molecule has 0 spiro atoms. The number of benzene rings is 1. The van der Waals surface area contributed by atoms with E-state index in [1.165, 1.54) is 31.6 Å². The maximum absolute atomic E-state index is 12.6. The highest BCUT2D eigenvalue weighted by Gasteiger charge is 2.30. The van der Waals surface area contributed by atoms with E-state index in [4.69, 9.17) is 9.47 Å². The van der Waals surface area contributed by atoms with E-state index in [2.05, 4.69) is 14.9 Å². The fourth-order valence-electron chi connectivity index (χ4n) is 2.71. The molecule has 1 saturated heterocycles. The Labute approximate surface area is 143 Å². The molecule has 0 amide bonds. The van der Waals surface area contributed by atoms with Gasteiger partial charge in [-0.1, -0.05) is 12.1 Å². The highest BCUT2D eigenvalue weighted by molar-refractivity contribution is 5.24. The molecule has 1 aliphatic rings. The minimum Gasteiger partial charge on any atom is -0.494 e. The molecule has 8 heteroatoms. The first kappa shape index (κ1) is 17.5. The van der Waals surface area contributed by atoms with Gasteiger partial charge in [-0.15, -0.1) is 0 Å². The number of likely N-dealkylation sites (tertiary alicyclic amines) is 1. The smallest absolute Gasteiger partial charge is 0.416 e. The summed E-state index contributed by atoms with van der Waals surface area (Å²) in [5.41, 5.74) is 0.213. The number of methoxy groups -OCH3 is 1. The number of nitrogens with zero attached hydrogens (tertiary/aromatic N) is 3. The molecule has 1 unspecified atom stereocenters. The van der Waals surface area contributed by atoms with E-state index in [1.807, 2.05) is 0 Å². The van der Waals surface area contributed by atoms with Crippen molar-refractivity contribution in [1.82, 2.24) is 14.9 Å². The molecule has 5 nitrogen and oxygen atoms in total. The molecule has 1 aromatic carbocycles. The number of rotatable bonds is 5. The Balaban J connectivity index is 1.52. The van der Waals surface area contributed by atoms with Gasteiger partial charge in [0.05, 0.1) is 25.1 Å². The molecule has 1 atom stereocenters. The summed E-state index contributed by atoms with van der Waals surface area (Å²) in [7, 11) is 1.54. The zero-order valence-corrected chi connectivity index (χ0v) is 13.7. The fraction of sp³-hybridized carbons (Fsp3) is 0.412. The van der Waals surface area contributed by atoms with Gasteiger partial charge in [-0.3, -0.25) is 4.90 Å². The zero-order chi connectivity index (χ0) is 17.9. The number of aromatic nitrogens is 2. The van der Waals surface area contributed by atoms with Gasteiger partial charge >= 0.3 is 12.2 Å². The molecule has 0 bridgehead atoms. The van der Waals surface area contributed by atoms with Gasteiger partial charge < -0.3 is 9.47 Å². The largest absolute Gasteiger partial charge is 0.494 e. The summed E-state index contributed by atoms with van der Waals surface area (Å²) in [6, 6.07) is 5.56. The van der Waals surface area contributed by atoms with Gasteiger partial charge in [0.15, 0.2) is 5.75 Å². The van der Waals surface area contributed by atoms with Crippen LogP contribution >= 0.6 is 0 Å². The van der Waals surface area contributed by atoms with Crippen molar-refractivity contribution >= 4 is 0 Å². The summed E-state index contributed by atoms with van der Waals surface area (Å²) in [5, 5.41) is 0. The van der Waals surface area contributed by atoms with Crippen LogP contribution < -0.4 is 9.47 Å². The summed E-state index contributed by atoms with van der Waals surface area (Å²) >= 11 is 0. The lowest BCUT2D eigenvalue weighted by Crippen LogP contribution is -2.25. The molecule has 1 fully saturated rings. The van der Waals surface area contributed by atoms with Gasteiger partial charge in [0, 0.05) is 19.6 Å². The molecule has 0 saturated carbocycles. The van der Waals surface area contributed by atoms with Crippen LogP contribution in [-0.4, -0.2) is 41.2 Å². The predicted octanol–water partition coefficient (Wildman–Crippen LogP) is 3.16. The Hall–Kier alpha value is -2.35. The Morgan fingerprint density at radius 1 is 1.16 bits per heavy atom. The monoisotopic (exact) mass is 353 g/mol. The summed E-state index contributed by atoms with van der Waals surface area (Å²) < 4.78 is 48.5. The minimum absolute atomic E-state index is 0.0390. The maximum atomic E-state index is 12.6. The lowest BCUT2D eigenvalue weighted by atomic mass is 10.1. The third-order valence-electron chi connectivity index (χ3n) is 4.03. The number of hydrogen-bond acceptors (Lipinski definition) is 5. The van der Waals surface area contributed by atoms with Crippen LogP contribution in [0.15, 0.2) is 36.7 Å². The molecule has 25 heavy (non-hydrogen) atoms. The van der Waals surface area contributed by atoms with E-state index in [1.54, 1.807) is 0 Å². The van der Waals surface area contributed by atoms with Crippen molar-refractivity contribution in [3.8, 4) is 11.8 Å². The zero-order valence-electron chi connectivity index (χ0n) is 13.7. The molecule has 0 radical (unpaired) electrons. The van der Waals surface area contributed by atoms with E-state index in [-0.39, 0.29) is 6.10 Å². The first-order valence-corrected chi connectivity index (χ1v) is 7.85. The lowest BCUT2D eigenvalue weighted by Gasteiger charge is -2.16. The average Bonchev–Trinajstić information content (AvgIpc) is 3.02. The first-order chi connectivity index (χ1) is 11.9. The summed E-state index contributed by atoms with van der Waals surface area (Å²) in [5.74, 6) is 0.558. The molecule has 0 N–H and O–H groups in total. The van der Waals surface area contributed by atoms with Crippen LogP contribution in [-0.2, 0) is 12.7 Å². The second kappa shape index (κ2) is 7.26. The Kier molecular flexibility index (Phi) is 5.08. The molecule has 134 valence electrons. The molecule has 2 heterocycles. The molecular formula is C17H18F3N3O2. The van der Waals surface area contributed by atoms with Crippen molar-refractivity contribution in [2.75, 3.05) is 20.2 Å². The van der Waals surface area contributed by atoms with Crippen LogP contribution in [0.2, 0.25) is 0 Å². The van der Waals surface area contributed by atoms with E-state index in [0.717, 1.165) is 30.7 Å². The van der Waals surface area contributed by atoms with Crippen LogP contribution in [0.25, 0.3) is 0 Å². The number of halogens is 3. The summed E-state index contributed by atoms with van der Waals surface area (Å²) in [6.07, 6.45) is -0.448. The third-order valence-corrected chi connectivity index (χ3v) is 4.03. The van der Waals surface area contributed by atoms with Gasteiger partial charge in [0.1, 0.15) is 6.10 Å². The van der Waals surface area contributed by atoms with Crippen LogP contribution in [0.5, 0.6) is 11.8 Å². The Bertz CT molecular complexity index is 690. The Morgan fingerprint density at radius 2 is 1.84 bits per heavy atom. The van der Waals surface area contributed by atoms with Gasteiger partial charge in [-0.25, -0.2) is 0 Å². The van der Waals surface area contributed by atoms with Crippen LogP contribution in [0.1, 0.15) is 17.5 Å². The van der Waals surface area contributed by atoms with Gasteiger partial charge in [0.2, 0.25) is 0 Å². The lowest BCUT2D eigenvalue weighted by molar-refractivity contribution is -0.137. The Morgan fingerprint density at radius 3 is 2.44 bits per heavy atom. The van der Waals surface area contributed by atoms with Crippen LogP contribution in [0.4, 0.5) is 13.2 Å². The van der Waals surface area contributed by atoms with Crippen molar-refractivity contribution in [2.45, 2.75) is 25.2 Å². The van der Waals surface area contributed by atoms with Gasteiger partial charge in [-0.05, 0) is 24.1 Å². The highest BCUT2D eigenvalue weighted by atomic mass is 19.4. The van der Waals surface area contributed by atoms with Crippen LogP contribution in [0.3, 0.4) is 0 Å². The average molecular weight is 353 g/mol. The predicted molar refractivity (Wildman–Crippen MR) is 84.3 cm³/mol. The minimum atomic E-state index is -4.30. The second-order valence-electron chi connectivity index (χ2n) is 5.86. The number of alkyl halides is 3. The van der Waals surface area contributed by atoms with E-state index < -0.39 is 11.7 Å². The second-order valence-corrected chi connectivity index (χ2v) is 5.86. The molecule has 3 rings (SSSR count). The molecule has 1 aliphatic heterocycles. The van der Waals surface area contributed by atoms with E-state index in [9.17, 15) is 13.2 Å². The normalized spacial score (nSPS) is 18.3. The van der Waals surface area contributed by atoms with E-state index >= 15 is 0 Å². The summed E-state index contributed by atoms with van der Waals surface area (Å²) in [4.78, 5) is 10.3. The molecule has 1 aromatic heterocycles. The number of hydrogen-bond donors (Lipinski definition) is 0. The molecule has 0 aliphatic carbocycles. The topological polar surface area (TPSA) is 47.5 Å². The van der Waals surface area contributed by atoms with Crippen molar-refractivity contribution < 1.29 is 22.6 Å². The quantitative estimate of drug-likeness (QED) is 0.826. The number of ether oxygens (including phenoxy) is 2. The van der Waals surface area contributed by atoms with Crippen molar-refractivity contribution in [1.29, 1.82) is 0 Å². The third kappa shape index (κ3) is 4.60. The SMILES string of the molecule is COc1cnc(OC2CCN(Cc3ccc(C(F)(F)F)cc3)C2)nc1. The maximum Gasteiger partial charge on any atom is 0.416 e. The molecular weight excluding hydrogens is 335 g/mol. The van der Waals surface area contributed by atoms with Crippen molar-refractivity contribution in [3.63, 3.8) is 0 Å².